The van der Waals surface area contributed by atoms with Crippen molar-refractivity contribution in [1.82, 2.24) is 0 Å². The lowest BCUT2D eigenvalue weighted by Crippen LogP contribution is -2.17. The van der Waals surface area contributed by atoms with Crippen LogP contribution in [0.25, 0.3) is 17.2 Å². The smallest absolute Gasteiger partial charge is 0.146 e. The van der Waals surface area contributed by atoms with E-state index < -0.39 is 0 Å². The van der Waals surface area contributed by atoms with Crippen molar-refractivity contribution in [3.63, 3.8) is 0 Å². The first kappa shape index (κ1) is 16.8. The minimum Gasteiger partial charge on any atom is -0.344 e. The third-order valence-corrected chi connectivity index (χ3v) is 5.69. The van der Waals surface area contributed by atoms with E-state index in [1.54, 1.807) is 0 Å². The molecule has 0 bridgehead atoms. The molecule has 0 radical (unpaired) electrons. The van der Waals surface area contributed by atoms with Gasteiger partial charge in [0.05, 0.1) is 4.53 Å². The predicted molar refractivity (Wildman–Crippen MR) is 111 cm³/mol. The molecule has 27 heavy (non-hydrogen) atoms. The first-order valence-corrected chi connectivity index (χ1v) is 9.29. The van der Waals surface area contributed by atoms with E-state index in [2.05, 4.69) is 72.6 Å². The molecule has 1 aliphatic rings. The lowest BCUT2D eigenvalue weighted by atomic mass is 9.90. The van der Waals surface area contributed by atoms with Gasteiger partial charge in [0.25, 0.3) is 0 Å². The van der Waals surface area contributed by atoms with Crippen molar-refractivity contribution in [2.45, 2.75) is 0 Å². The molecular weight excluding hydrogens is 350 g/mol. The summed E-state index contributed by atoms with van der Waals surface area (Å²) in [5, 5.41) is 18.1. The predicted octanol–water partition coefficient (Wildman–Crippen LogP) is 3.94. The Kier molecular flexibility index (Phi) is 4.34. The molecule has 4 heteroatoms. The third kappa shape index (κ3) is 2.93. The van der Waals surface area contributed by atoms with E-state index in [-0.39, 0.29) is 5.57 Å². The van der Waals surface area contributed by atoms with Crippen LogP contribution in [0.5, 0.6) is 0 Å². The van der Waals surface area contributed by atoms with E-state index >= 15 is 0 Å². The molecule has 3 aromatic rings. The van der Waals surface area contributed by atoms with Crippen LogP contribution in [0.1, 0.15) is 11.1 Å². The lowest BCUT2D eigenvalue weighted by molar-refractivity contribution is 1.17. The summed E-state index contributed by atoms with van der Waals surface area (Å²) in [6.45, 7) is 0. The van der Waals surface area contributed by atoms with Gasteiger partial charge in [0, 0.05) is 34.1 Å². The Morgan fingerprint density at radius 2 is 1.44 bits per heavy atom. The number of fused-ring (bicyclic) bond motifs is 2. The van der Waals surface area contributed by atoms with E-state index in [1.165, 1.54) is 39.4 Å². The Morgan fingerprint density at radius 3 is 2.04 bits per heavy atom. The second-order valence-electron chi connectivity index (χ2n) is 6.14. The van der Waals surface area contributed by atoms with Gasteiger partial charge >= 0.3 is 0 Å². The minimum absolute atomic E-state index is 0.155. The molecule has 2 aromatic carbocycles. The fourth-order valence-corrected chi connectivity index (χ4v) is 4.18. The highest BCUT2D eigenvalue weighted by molar-refractivity contribution is 7.07. The number of anilines is 2. The number of thiophene rings is 1. The van der Waals surface area contributed by atoms with E-state index in [0.29, 0.717) is 4.53 Å². The standard InChI is InChI=1S/C23H15N3S/c1-26-21-8-4-2-6-19(21)18(20-7-3-5-9-22(20)26)12-10-17-11-13-23(27-17)16(14-24)15-25/h2-13H,1H3/b17-10+. The van der Waals surface area contributed by atoms with Crippen molar-refractivity contribution in [3.05, 3.63) is 86.9 Å². The maximum Gasteiger partial charge on any atom is 0.146 e. The first-order valence-electron chi connectivity index (χ1n) is 8.48. The molecule has 0 amide bonds. The molecule has 128 valence electrons. The molecule has 1 aromatic heterocycles. The summed E-state index contributed by atoms with van der Waals surface area (Å²) in [4.78, 5) is 2.21. The van der Waals surface area contributed by atoms with Gasteiger partial charge in [-0.25, -0.2) is 0 Å². The third-order valence-electron chi connectivity index (χ3n) is 4.62. The first-order chi connectivity index (χ1) is 13.2. The number of hydrogen-bond donors (Lipinski definition) is 0. The van der Waals surface area contributed by atoms with Gasteiger partial charge < -0.3 is 4.90 Å². The molecule has 0 fully saturated rings. The van der Waals surface area contributed by atoms with Crippen LogP contribution >= 0.6 is 11.3 Å². The van der Waals surface area contributed by atoms with Gasteiger partial charge in [-0.15, -0.1) is 11.3 Å². The molecule has 0 saturated heterocycles. The number of allylic oxidation sites excluding steroid dienone is 1. The van der Waals surface area contributed by atoms with Crippen LogP contribution < -0.4 is 14.0 Å². The molecule has 3 nitrogen and oxygen atoms in total. The zero-order valence-electron chi connectivity index (χ0n) is 14.7. The molecule has 2 heterocycles. The number of rotatable bonds is 1. The van der Waals surface area contributed by atoms with Crippen molar-refractivity contribution in [3.8, 4) is 12.1 Å². The maximum absolute atomic E-state index is 9.04. The Hall–Kier alpha value is -3.60. The quantitative estimate of drug-likeness (QED) is 0.656. The van der Waals surface area contributed by atoms with E-state index in [4.69, 9.17) is 10.5 Å². The van der Waals surface area contributed by atoms with Gasteiger partial charge in [-0.1, -0.05) is 42.5 Å². The van der Waals surface area contributed by atoms with Crippen molar-refractivity contribution < 1.29 is 0 Å². The lowest BCUT2D eigenvalue weighted by Gasteiger charge is -2.31. The molecule has 0 atom stereocenters. The van der Waals surface area contributed by atoms with Crippen molar-refractivity contribution in [2.75, 3.05) is 11.9 Å². The second kappa shape index (κ2) is 6.96. The molecule has 0 aliphatic carbocycles. The summed E-state index contributed by atoms with van der Waals surface area (Å²) in [6, 6.07) is 24.4. The van der Waals surface area contributed by atoms with Crippen molar-refractivity contribution in [2.24, 2.45) is 0 Å². The van der Waals surface area contributed by atoms with Crippen LogP contribution in [0.2, 0.25) is 0 Å². The summed E-state index contributed by atoms with van der Waals surface area (Å²) < 4.78 is 1.71. The van der Waals surface area contributed by atoms with Gasteiger partial charge in [-0.3, -0.25) is 0 Å². The summed E-state index contributed by atoms with van der Waals surface area (Å²) in [5.74, 6) is 0. The summed E-state index contributed by atoms with van der Waals surface area (Å²) in [6.07, 6.45) is 4.17. The highest BCUT2D eigenvalue weighted by atomic mass is 32.1. The highest BCUT2D eigenvalue weighted by Crippen LogP contribution is 2.43. The molecule has 0 unspecified atom stereocenters. The SMILES string of the molecule is CN1c2ccccc2C(=C/C=c2\ccc(=C(C#N)C#N)s2)c2ccccc21. The number of hydrogen-bond acceptors (Lipinski definition) is 4. The molecular formula is C23H15N3S. The Bertz CT molecular complexity index is 1200. The van der Waals surface area contributed by atoms with Crippen LogP contribution in [0.4, 0.5) is 11.4 Å². The fraction of sp³-hybridized carbons (Fsp3) is 0.0435. The number of nitrogens with zero attached hydrogens (tertiary/aromatic N) is 3. The zero-order valence-corrected chi connectivity index (χ0v) is 15.5. The van der Waals surface area contributed by atoms with Gasteiger partial charge in [0.1, 0.15) is 17.7 Å². The van der Waals surface area contributed by atoms with E-state index in [1.807, 2.05) is 24.3 Å². The van der Waals surface area contributed by atoms with Crippen LogP contribution in [-0.2, 0) is 0 Å². The van der Waals surface area contributed by atoms with Crippen LogP contribution in [0, 0.1) is 22.7 Å². The maximum atomic E-state index is 9.04. The van der Waals surface area contributed by atoms with Crippen molar-refractivity contribution >= 4 is 39.9 Å². The number of benzene rings is 2. The average Bonchev–Trinajstić information content (AvgIpc) is 3.18. The van der Waals surface area contributed by atoms with Gasteiger partial charge in [-0.05, 0) is 35.9 Å². The monoisotopic (exact) mass is 365 g/mol. The average molecular weight is 365 g/mol. The molecule has 0 saturated carbocycles. The molecule has 1 aliphatic heterocycles. The topological polar surface area (TPSA) is 50.8 Å². The van der Waals surface area contributed by atoms with Crippen molar-refractivity contribution in [1.29, 1.82) is 10.5 Å². The summed E-state index contributed by atoms with van der Waals surface area (Å²) in [5.41, 5.74) is 6.04. The van der Waals surface area contributed by atoms with Crippen LogP contribution in [0.3, 0.4) is 0 Å². The van der Waals surface area contributed by atoms with Gasteiger partial charge in [-0.2, -0.15) is 10.5 Å². The number of para-hydroxylation sites is 2. The largest absolute Gasteiger partial charge is 0.344 e. The Morgan fingerprint density at radius 1 is 0.852 bits per heavy atom. The summed E-state index contributed by atoms with van der Waals surface area (Å²) in [7, 11) is 2.09. The second-order valence-corrected chi connectivity index (χ2v) is 7.26. The number of nitriles is 2. The van der Waals surface area contributed by atoms with Gasteiger partial charge in [0.2, 0.25) is 0 Å². The van der Waals surface area contributed by atoms with Crippen LogP contribution in [0.15, 0.2) is 66.7 Å². The van der Waals surface area contributed by atoms with Crippen LogP contribution in [-0.4, -0.2) is 7.05 Å². The highest BCUT2D eigenvalue weighted by Gasteiger charge is 2.22. The minimum atomic E-state index is 0.155. The van der Waals surface area contributed by atoms with E-state index in [9.17, 15) is 0 Å². The zero-order chi connectivity index (χ0) is 18.8. The van der Waals surface area contributed by atoms with Gasteiger partial charge in [0.15, 0.2) is 0 Å². The Balaban J connectivity index is 1.91. The molecule has 4 rings (SSSR count). The fourth-order valence-electron chi connectivity index (χ4n) is 3.32. The molecule has 0 N–H and O–H groups in total. The van der Waals surface area contributed by atoms with E-state index in [0.717, 1.165) is 4.53 Å². The normalized spacial score (nSPS) is 12.6. The Labute approximate surface area is 161 Å². The summed E-state index contributed by atoms with van der Waals surface area (Å²) >= 11 is 1.45. The molecule has 0 spiro atoms.